The second-order valence-corrected chi connectivity index (χ2v) is 5.66. The van der Waals surface area contributed by atoms with Crippen LogP contribution in [0.4, 0.5) is 0 Å². The SMILES string of the molecule is c1ccc(CC2CC(C3CCCCC3)=NN2)cc1. The molecule has 1 aliphatic carbocycles. The molecule has 0 amide bonds. The molecule has 1 N–H and O–H groups in total. The Morgan fingerprint density at radius 3 is 2.61 bits per heavy atom. The van der Waals surface area contributed by atoms with E-state index in [1.807, 2.05) is 0 Å². The molecule has 0 radical (unpaired) electrons. The zero-order valence-electron chi connectivity index (χ0n) is 10.9. The van der Waals surface area contributed by atoms with E-state index >= 15 is 0 Å². The number of hydrazone groups is 1. The summed E-state index contributed by atoms with van der Waals surface area (Å²) in [5.74, 6) is 0.770. The molecule has 1 heterocycles. The lowest BCUT2D eigenvalue weighted by molar-refractivity contribution is 0.436. The summed E-state index contributed by atoms with van der Waals surface area (Å²) < 4.78 is 0. The van der Waals surface area contributed by atoms with Crippen molar-refractivity contribution >= 4 is 5.71 Å². The lowest BCUT2D eigenvalue weighted by atomic mass is 9.84. The van der Waals surface area contributed by atoms with Gasteiger partial charge < -0.3 is 5.43 Å². The predicted molar refractivity (Wildman–Crippen MR) is 75.7 cm³/mol. The Morgan fingerprint density at radius 2 is 1.83 bits per heavy atom. The van der Waals surface area contributed by atoms with Gasteiger partial charge >= 0.3 is 0 Å². The van der Waals surface area contributed by atoms with Crippen LogP contribution in [0.1, 0.15) is 44.1 Å². The number of benzene rings is 1. The van der Waals surface area contributed by atoms with Gasteiger partial charge in [0.2, 0.25) is 0 Å². The quantitative estimate of drug-likeness (QED) is 0.861. The first-order valence-corrected chi connectivity index (χ1v) is 7.28. The Balaban J connectivity index is 1.54. The highest BCUT2D eigenvalue weighted by Gasteiger charge is 2.26. The summed E-state index contributed by atoms with van der Waals surface area (Å²) in [6, 6.07) is 11.3. The fourth-order valence-electron chi connectivity index (χ4n) is 3.23. The molecule has 0 spiro atoms. The molecule has 1 fully saturated rings. The van der Waals surface area contributed by atoms with Crippen molar-refractivity contribution in [1.82, 2.24) is 5.43 Å². The third-order valence-corrected chi connectivity index (χ3v) is 4.25. The van der Waals surface area contributed by atoms with Crippen molar-refractivity contribution in [3.05, 3.63) is 35.9 Å². The van der Waals surface area contributed by atoms with Crippen LogP contribution in [0.3, 0.4) is 0 Å². The van der Waals surface area contributed by atoms with Crippen molar-refractivity contribution in [2.45, 2.75) is 51.0 Å². The Kier molecular flexibility index (Phi) is 3.63. The Morgan fingerprint density at radius 1 is 1.06 bits per heavy atom. The van der Waals surface area contributed by atoms with Crippen molar-refractivity contribution in [2.75, 3.05) is 0 Å². The van der Waals surface area contributed by atoms with Crippen LogP contribution in [0.5, 0.6) is 0 Å². The van der Waals surface area contributed by atoms with Crippen LogP contribution in [0.2, 0.25) is 0 Å². The number of nitrogens with zero attached hydrogens (tertiary/aromatic N) is 1. The highest BCUT2D eigenvalue weighted by molar-refractivity contribution is 5.88. The summed E-state index contributed by atoms with van der Waals surface area (Å²) in [5.41, 5.74) is 6.19. The molecule has 1 unspecified atom stereocenters. The summed E-state index contributed by atoms with van der Waals surface area (Å²) in [5, 5.41) is 4.60. The van der Waals surface area contributed by atoms with Crippen LogP contribution >= 0.6 is 0 Å². The first-order valence-electron chi connectivity index (χ1n) is 7.28. The highest BCUT2D eigenvalue weighted by atomic mass is 15.3. The van der Waals surface area contributed by atoms with Crippen LogP contribution in [0.25, 0.3) is 0 Å². The molecule has 0 aromatic heterocycles. The average molecular weight is 242 g/mol. The number of rotatable bonds is 3. The Labute approximate surface area is 109 Å². The number of hydrogen-bond acceptors (Lipinski definition) is 2. The van der Waals surface area contributed by atoms with E-state index in [0.29, 0.717) is 6.04 Å². The predicted octanol–water partition coefficient (Wildman–Crippen LogP) is 3.53. The zero-order valence-corrected chi connectivity index (χ0v) is 10.9. The first kappa shape index (κ1) is 11.8. The van der Waals surface area contributed by atoms with E-state index in [1.165, 1.54) is 43.4 Å². The van der Waals surface area contributed by atoms with Crippen LogP contribution in [0.15, 0.2) is 35.4 Å². The van der Waals surface area contributed by atoms with Gasteiger partial charge in [0, 0.05) is 12.1 Å². The van der Waals surface area contributed by atoms with Crippen molar-refractivity contribution in [2.24, 2.45) is 11.0 Å². The fraction of sp³-hybridized carbons (Fsp3) is 0.562. The van der Waals surface area contributed by atoms with Gasteiger partial charge in [0.05, 0.1) is 6.04 Å². The maximum Gasteiger partial charge on any atom is 0.0533 e. The molecule has 2 aliphatic rings. The normalized spacial score (nSPS) is 24.7. The average Bonchev–Trinajstić information content (AvgIpc) is 2.89. The van der Waals surface area contributed by atoms with E-state index in [9.17, 15) is 0 Å². The number of nitrogens with one attached hydrogen (secondary N) is 1. The van der Waals surface area contributed by atoms with Gasteiger partial charge in [-0.3, -0.25) is 0 Å². The van der Waals surface area contributed by atoms with Gasteiger partial charge in [-0.2, -0.15) is 5.10 Å². The summed E-state index contributed by atoms with van der Waals surface area (Å²) in [6.45, 7) is 0. The Bertz CT molecular complexity index is 404. The molecule has 18 heavy (non-hydrogen) atoms. The molecule has 1 aromatic rings. The van der Waals surface area contributed by atoms with E-state index in [4.69, 9.17) is 0 Å². The van der Waals surface area contributed by atoms with E-state index < -0.39 is 0 Å². The minimum absolute atomic E-state index is 0.518. The summed E-state index contributed by atoms with van der Waals surface area (Å²) >= 11 is 0. The van der Waals surface area contributed by atoms with Crippen LogP contribution < -0.4 is 5.43 Å². The molecule has 1 atom stereocenters. The fourth-order valence-corrected chi connectivity index (χ4v) is 3.23. The van der Waals surface area contributed by atoms with Gasteiger partial charge in [-0.25, -0.2) is 0 Å². The topological polar surface area (TPSA) is 24.4 Å². The highest BCUT2D eigenvalue weighted by Crippen LogP contribution is 2.28. The largest absolute Gasteiger partial charge is 0.306 e. The molecule has 2 nitrogen and oxygen atoms in total. The van der Waals surface area contributed by atoms with Gasteiger partial charge in [-0.15, -0.1) is 0 Å². The van der Waals surface area contributed by atoms with Crippen molar-refractivity contribution in [1.29, 1.82) is 0 Å². The molecule has 1 aromatic carbocycles. The van der Waals surface area contributed by atoms with Gasteiger partial charge in [-0.1, -0.05) is 49.6 Å². The summed E-state index contributed by atoms with van der Waals surface area (Å²) in [7, 11) is 0. The molecule has 1 aliphatic heterocycles. The monoisotopic (exact) mass is 242 g/mol. The first-order chi connectivity index (χ1) is 8.92. The van der Waals surface area contributed by atoms with E-state index in [-0.39, 0.29) is 0 Å². The second kappa shape index (κ2) is 5.55. The van der Waals surface area contributed by atoms with Crippen molar-refractivity contribution in [3.63, 3.8) is 0 Å². The molecule has 1 saturated carbocycles. The van der Waals surface area contributed by atoms with E-state index in [1.54, 1.807) is 0 Å². The van der Waals surface area contributed by atoms with E-state index in [2.05, 4.69) is 40.9 Å². The molecule has 3 rings (SSSR count). The van der Waals surface area contributed by atoms with Crippen LogP contribution in [-0.4, -0.2) is 11.8 Å². The van der Waals surface area contributed by atoms with Gasteiger partial charge in [-0.05, 0) is 30.7 Å². The number of hydrogen-bond donors (Lipinski definition) is 1. The van der Waals surface area contributed by atoms with Gasteiger partial charge in [0.1, 0.15) is 0 Å². The zero-order chi connectivity index (χ0) is 12.2. The van der Waals surface area contributed by atoms with Crippen LogP contribution in [0, 0.1) is 5.92 Å². The molecular formula is C16H22N2. The second-order valence-electron chi connectivity index (χ2n) is 5.66. The van der Waals surface area contributed by atoms with Crippen molar-refractivity contribution in [3.8, 4) is 0 Å². The maximum absolute atomic E-state index is 4.60. The molecule has 96 valence electrons. The third kappa shape index (κ3) is 2.74. The summed E-state index contributed by atoms with van der Waals surface area (Å²) in [4.78, 5) is 0. The van der Waals surface area contributed by atoms with Gasteiger partial charge in [0.15, 0.2) is 0 Å². The molecule has 0 saturated heterocycles. The molecular weight excluding hydrogens is 220 g/mol. The lowest BCUT2D eigenvalue weighted by Gasteiger charge is -2.21. The standard InChI is InChI=1S/C16H22N2/c1-3-7-13(8-4-1)11-15-12-16(18-17-15)14-9-5-2-6-10-14/h1,3-4,7-8,14-15,17H,2,5-6,9-12H2. The smallest absolute Gasteiger partial charge is 0.0533 e. The Hall–Kier alpha value is -1.31. The lowest BCUT2D eigenvalue weighted by Crippen LogP contribution is -2.23. The van der Waals surface area contributed by atoms with Crippen molar-refractivity contribution < 1.29 is 0 Å². The minimum atomic E-state index is 0.518. The van der Waals surface area contributed by atoms with Crippen LogP contribution in [-0.2, 0) is 6.42 Å². The summed E-state index contributed by atoms with van der Waals surface area (Å²) in [6.07, 6.45) is 9.18. The molecule has 0 bridgehead atoms. The molecule has 2 heteroatoms. The third-order valence-electron chi connectivity index (χ3n) is 4.25. The van der Waals surface area contributed by atoms with E-state index in [0.717, 1.165) is 18.8 Å². The van der Waals surface area contributed by atoms with Gasteiger partial charge in [0.25, 0.3) is 0 Å². The maximum atomic E-state index is 4.60. The minimum Gasteiger partial charge on any atom is -0.306 e.